The third-order valence-electron chi connectivity index (χ3n) is 13.3. The van der Waals surface area contributed by atoms with Crippen LogP contribution in [0.1, 0.15) is 303 Å². The Morgan fingerprint density at radius 1 is 0.348 bits per heavy atom. The van der Waals surface area contributed by atoms with Crippen LogP contribution in [-0.4, -0.2) is 36.4 Å². The summed E-state index contributed by atoms with van der Waals surface area (Å²) in [7, 11) is 0. The van der Waals surface area contributed by atoms with Crippen molar-refractivity contribution in [3.8, 4) is 0 Å². The number of rotatable bonds is 55. The van der Waals surface area contributed by atoms with Crippen LogP contribution in [0.3, 0.4) is 0 Å². The number of esters is 2. The number of ether oxygens (including phenoxy) is 2. The molecule has 0 aromatic carbocycles. The van der Waals surface area contributed by atoms with Crippen molar-refractivity contribution in [2.24, 2.45) is 0 Å². The molecule has 0 radical (unpaired) electrons. The van der Waals surface area contributed by atoms with E-state index in [1.54, 1.807) is 0 Å². The van der Waals surface area contributed by atoms with Crippen LogP contribution in [0.5, 0.6) is 0 Å². The molecule has 0 bridgehead atoms. The molecule has 0 aromatic heterocycles. The van der Waals surface area contributed by atoms with Crippen LogP contribution in [0, 0.1) is 0 Å². The van der Waals surface area contributed by atoms with E-state index in [9.17, 15) is 14.7 Å². The molecule has 400 valence electrons. The molecule has 0 spiro atoms. The fraction of sp³-hybridized carbons (Fsp3) is 0.781. The highest BCUT2D eigenvalue weighted by atomic mass is 16.6. The third-order valence-corrected chi connectivity index (χ3v) is 13.3. The van der Waals surface area contributed by atoms with Crippen molar-refractivity contribution in [3.05, 3.63) is 72.9 Å². The summed E-state index contributed by atoms with van der Waals surface area (Å²) in [5.74, 6) is -0.611. The summed E-state index contributed by atoms with van der Waals surface area (Å²) >= 11 is 0. The Morgan fingerprint density at radius 3 is 0.942 bits per heavy atom. The molecule has 0 saturated heterocycles. The maximum absolute atomic E-state index is 12.3. The fourth-order valence-corrected chi connectivity index (χ4v) is 8.80. The smallest absolute Gasteiger partial charge is 0.306 e. The number of carbonyl (C=O) groups is 2. The van der Waals surface area contributed by atoms with Gasteiger partial charge in [-0.2, -0.15) is 0 Å². The molecule has 0 rings (SSSR count). The molecule has 1 atom stereocenters. The Balaban J connectivity index is 3.47. The molecule has 1 N–H and O–H groups in total. The SMILES string of the molecule is CC/C=C\C/C=C\C/C=C\C/C=C\C/C=C\C/C=C\CCCCCCC(=O)OC(CO)COC(=O)CCCCCCCCCCCCCCCCCCCCCCCCCCCCCCCCCC. The van der Waals surface area contributed by atoms with Crippen molar-refractivity contribution in [3.63, 3.8) is 0 Å². The van der Waals surface area contributed by atoms with Gasteiger partial charge < -0.3 is 14.6 Å². The zero-order valence-electron chi connectivity index (χ0n) is 45.8. The van der Waals surface area contributed by atoms with Gasteiger partial charge >= 0.3 is 11.9 Å². The number of hydrogen-bond acceptors (Lipinski definition) is 5. The number of aliphatic hydroxyl groups excluding tert-OH is 1. The van der Waals surface area contributed by atoms with Crippen LogP contribution < -0.4 is 0 Å². The standard InChI is InChI=1S/C64H114O5/c1-3-5-7-9-11-13-15-17-19-21-23-25-27-28-29-30-31-32-33-34-35-37-38-40-42-44-46-48-50-52-54-56-58-63(66)68-61-62(60-65)69-64(67)59-57-55-53-51-49-47-45-43-41-39-36-26-24-22-20-18-16-14-12-10-8-6-4-2/h6,8,12,14,18,20,24,26,39,41,45,47,62,65H,3-5,7,9-11,13,15-17,19,21-23,25,27-38,40,42-44,46,48-61H2,1-2H3/b8-6-,14-12-,20-18-,26-24-,41-39-,47-45-. The van der Waals surface area contributed by atoms with Gasteiger partial charge in [0.2, 0.25) is 0 Å². The fourth-order valence-electron chi connectivity index (χ4n) is 8.80. The first-order chi connectivity index (χ1) is 34.1. The molecule has 69 heavy (non-hydrogen) atoms. The third kappa shape index (κ3) is 57.8. The van der Waals surface area contributed by atoms with E-state index in [2.05, 4.69) is 86.8 Å². The summed E-state index contributed by atoms with van der Waals surface area (Å²) in [6.07, 6.45) is 81.9. The second kappa shape index (κ2) is 59.6. The number of unbranched alkanes of at least 4 members (excludes halogenated alkanes) is 35. The summed E-state index contributed by atoms with van der Waals surface area (Å²) in [6, 6.07) is 0. The molecule has 0 saturated carbocycles. The first-order valence-electron chi connectivity index (χ1n) is 30.0. The van der Waals surface area contributed by atoms with Crippen LogP contribution in [-0.2, 0) is 19.1 Å². The van der Waals surface area contributed by atoms with E-state index in [1.165, 1.54) is 186 Å². The van der Waals surface area contributed by atoms with E-state index in [0.29, 0.717) is 12.8 Å². The Labute approximate surface area is 429 Å². The number of allylic oxidation sites excluding steroid dienone is 12. The van der Waals surface area contributed by atoms with Crippen LogP contribution in [0.15, 0.2) is 72.9 Å². The summed E-state index contributed by atoms with van der Waals surface area (Å²) in [4.78, 5) is 24.5. The molecule has 0 aliphatic heterocycles. The van der Waals surface area contributed by atoms with Gasteiger partial charge in [-0.15, -0.1) is 0 Å². The summed E-state index contributed by atoms with van der Waals surface area (Å²) in [5.41, 5.74) is 0. The zero-order chi connectivity index (χ0) is 49.9. The lowest BCUT2D eigenvalue weighted by Gasteiger charge is -2.15. The Morgan fingerprint density at radius 2 is 0.623 bits per heavy atom. The van der Waals surface area contributed by atoms with Gasteiger partial charge in [0.1, 0.15) is 6.61 Å². The minimum atomic E-state index is -0.789. The number of carbonyl (C=O) groups excluding carboxylic acids is 2. The Hall–Kier alpha value is -2.66. The van der Waals surface area contributed by atoms with Crippen molar-refractivity contribution < 1.29 is 24.2 Å². The number of aliphatic hydroxyl groups is 1. The summed E-state index contributed by atoms with van der Waals surface area (Å²) in [5, 5.41) is 9.66. The van der Waals surface area contributed by atoms with E-state index in [1.807, 2.05) is 0 Å². The monoisotopic (exact) mass is 963 g/mol. The highest BCUT2D eigenvalue weighted by Gasteiger charge is 2.16. The predicted molar refractivity (Wildman–Crippen MR) is 302 cm³/mol. The molecule has 0 aliphatic carbocycles. The van der Waals surface area contributed by atoms with Gasteiger partial charge in [-0.1, -0.05) is 299 Å². The first kappa shape index (κ1) is 66.3. The number of hydrogen-bond donors (Lipinski definition) is 1. The van der Waals surface area contributed by atoms with Gasteiger partial charge in [0.05, 0.1) is 6.61 Å². The molecule has 5 heteroatoms. The molecule has 0 aromatic rings. The largest absolute Gasteiger partial charge is 0.462 e. The van der Waals surface area contributed by atoms with Gasteiger partial charge in [0, 0.05) is 12.8 Å². The van der Waals surface area contributed by atoms with Gasteiger partial charge in [-0.25, -0.2) is 0 Å². The van der Waals surface area contributed by atoms with Crippen molar-refractivity contribution in [1.82, 2.24) is 0 Å². The minimum absolute atomic E-state index is 0.0767. The maximum Gasteiger partial charge on any atom is 0.306 e. The van der Waals surface area contributed by atoms with Crippen molar-refractivity contribution in [2.75, 3.05) is 13.2 Å². The highest BCUT2D eigenvalue weighted by molar-refractivity contribution is 5.70. The van der Waals surface area contributed by atoms with E-state index < -0.39 is 6.10 Å². The summed E-state index contributed by atoms with van der Waals surface area (Å²) in [6.45, 7) is 4.04. The lowest BCUT2D eigenvalue weighted by molar-refractivity contribution is -0.161. The molecule has 0 amide bonds. The topological polar surface area (TPSA) is 72.8 Å². The van der Waals surface area contributed by atoms with Gasteiger partial charge in [-0.05, 0) is 64.2 Å². The molecule has 1 unspecified atom stereocenters. The second-order valence-corrected chi connectivity index (χ2v) is 20.1. The minimum Gasteiger partial charge on any atom is -0.462 e. The van der Waals surface area contributed by atoms with E-state index in [-0.39, 0.29) is 25.2 Å². The molecule has 0 heterocycles. The van der Waals surface area contributed by atoms with Gasteiger partial charge in [-0.3, -0.25) is 9.59 Å². The van der Waals surface area contributed by atoms with E-state index >= 15 is 0 Å². The summed E-state index contributed by atoms with van der Waals surface area (Å²) < 4.78 is 10.7. The van der Waals surface area contributed by atoms with Gasteiger partial charge in [0.15, 0.2) is 6.10 Å². The Bertz CT molecular complexity index is 1230. The molecule has 0 aliphatic rings. The van der Waals surface area contributed by atoms with Crippen LogP contribution in [0.25, 0.3) is 0 Å². The zero-order valence-corrected chi connectivity index (χ0v) is 45.8. The van der Waals surface area contributed by atoms with Crippen molar-refractivity contribution in [2.45, 2.75) is 309 Å². The lowest BCUT2D eigenvalue weighted by Crippen LogP contribution is -2.28. The normalized spacial score (nSPS) is 12.7. The molecular weight excluding hydrogens is 849 g/mol. The molecular formula is C64H114O5. The first-order valence-corrected chi connectivity index (χ1v) is 30.0. The molecule has 5 nitrogen and oxygen atoms in total. The molecule has 0 fully saturated rings. The predicted octanol–water partition coefficient (Wildman–Crippen LogP) is 20.4. The van der Waals surface area contributed by atoms with Crippen molar-refractivity contribution >= 4 is 11.9 Å². The van der Waals surface area contributed by atoms with Gasteiger partial charge in [0.25, 0.3) is 0 Å². The van der Waals surface area contributed by atoms with Crippen LogP contribution in [0.4, 0.5) is 0 Å². The van der Waals surface area contributed by atoms with Crippen molar-refractivity contribution in [1.29, 1.82) is 0 Å². The van der Waals surface area contributed by atoms with Crippen LogP contribution >= 0.6 is 0 Å². The van der Waals surface area contributed by atoms with Crippen LogP contribution in [0.2, 0.25) is 0 Å². The average Bonchev–Trinajstić information content (AvgIpc) is 3.35. The second-order valence-electron chi connectivity index (χ2n) is 20.1. The average molecular weight is 964 g/mol. The van der Waals surface area contributed by atoms with E-state index in [0.717, 1.165) is 89.9 Å². The van der Waals surface area contributed by atoms with E-state index in [4.69, 9.17) is 9.47 Å². The Kier molecular flexibility index (Phi) is 57.3. The lowest BCUT2D eigenvalue weighted by atomic mass is 10.0. The maximum atomic E-state index is 12.3. The highest BCUT2D eigenvalue weighted by Crippen LogP contribution is 2.17. The quantitative estimate of drug-likeness (QED) is 0.0374.